The molecule has 1 aliphatic rings. The summed E-state index contributed by atoms with van der Waals surface area (Å²) in [5.74, 6) is 0. The maximum Gasteiger partial charge on any atom is 0.0480 e. The lowest BCUT2D eigenvalue weighted by molar-refractivity contribution is 0.172. The van der Waals surface area contributed by atoms with E-state index >= 15 is 0 Å². The molecule has 1 unspecified atom stereocenters. The molecular weight excluding hydrogens is 210 g/mol. The van der Waals surface area contributed by atoms with Crippen LogP contribution in [0.1, 0.15) is 31.0 Å². The molecule has 3 heteroatoms. The van der Waals surface area contributed by atoms with E-state index in [9.17, 15) is 0 Å². The van der Waals surface area contributed by atoms with E-state index in [4.69, 9.17) is 5.73 Å². The first-order chi connectivity index (χ1) is 8.06. The van der Waals surface area contributed by atoms with Crippen LogP contribution in [-0.4, -0.2) is 31.6 Å². The average molecular weight is 233 g/mol. The molecule has 1 aromatic rings. The Labute approximate surface area is 104 Å². The molecule has 2 N–H and O–H groups in total. The molecule has 0 radical (unpaired) electrons. The van der Waals surface area contributed by atoms with Gasteiger partial charge in [0.2, 0.25) is 0 Å². The van der Waals surface area contributed by atoms with Gasteiger partial charge in [0.1, 0.15) is 0 Å². The molecule has 2 rings (SSSR count). The molecule has 0 spiro atoms. The van der Waals surface area contributed by atoms with E-state index in [0.29, 0.717) is 18.6 Å². The first kappa shape index (κ1) is 12.4. The van der Waals surface area contributed by atoms with Crippen LogP contribution in [0.5, 0.6) is 0 Å². The van der Waals surface area contributed by atoms with Crippen LogP contribution in [0.15, 0.2) is 18.2 Å². The predicted molar refractivity (Wildman–Crippen MR) is 73.2 cm³/mol. The summed E-state index contributed by atoms with van der Waals surface area (Å²) in [4.78, 5) is 4.67. The van der Waals surface area contributed by atoms with Crippen LogP contribution in [-0.2, 0) is 6.54 Å². The second-order valence-electron chi connectivity index (χ2n) is 5.26. The van der Waals surface area contributed by atoms with Gasteiger partial charge < -0.3 is 10.6 Å². The number of fused-ring (bicyclic) bond motifs is 1. The highest BCUT2D eigenvalue weighted by atomic mass is 15.2. The molecule has 17 heavy (non-hydrogen) atoms. The first-order valence-electron chi connectivity index (χ1n) is 6.31. The summed E-state index contributed by atoms with van der Waals surface area (Å²) in [5, 5.41) is 0. The number of hydrogen-bond acceptors (Lipinski definition) is 3. The minimum Gasteiger partial charge on any atom is -0.377 e. The minimum atomic E-state index is 0.380. The Bertz CT molecular complexity index is 398. The van der Waals surface area contributed by atoms with Gasteiger partial charge in [-0.1, -0.05) is 12.1 Å². The maximum absolute atomic E-state index is 5.95. The Morgan fingerprint density at radius 2 is 2.12 bits per heavy atom. The van der Waals surface area contributed by atoms with Crippen molar-refractivity contribution in [2.45, 2.75) is 32.5 Å². The second kappa shape index (κ2) is 4.67. The average Bonchev–Trinajstić information content (AvgIpc) is 2.66. The van der Waals surface area contributed by atoms with Crippen molar-refractivity contribution < 1.29 is 0 Å². The van der Waals surface area contributed by atoms with Crippen molar-refractivity contribution in [3.05, 3.63) is 29.3 Å². The molecule has 1 atom stereocenters. The smallest absolute Gasteiger partial charge is 0.0480 e. The highest BCUT2D eigenvalue weighted by Crippen LogP contribution is 2.38. The van der Waals surface area contributed by atoms with E-state index in [1.807, 2.05) is 0 Å². The highest BCUT2D eigenvalue weighted by molar-refractivity contribution is 5.58. The fraction of sp³-hybridized carbons (Fsp3) is 0.571. The van der Waals surface area contributed by atoms with Gasteiger partial charge in [-0.15, -0.1) is 0 Å². The van der Waals surface area contributed by atoms with E-state index in [1.54, 1.807) is 0 Å². The minimum absolute atomic E-state index is 0.380. The lowest BCUT2D eigenvalue weighted by Gasteiger charge is -2.27. The van der Waals surface area contributed by atoms with Crippen molar-refractivity contribution in [1.82, 2.24) is 4.90 Å². The molecule has 94 valence electrons. The summed E-state index contributed by atoms with van der Waals surface area (Å²) in [6.07, 6.45) is 0. The number of hydrogen-bond donors (Lipinski definition) is 1. The van der Waals surface area contributed by atoms with E-state index in [-0.39, 0.29) is 0 Å². The van der Waals surface area contributed by atoms with Gasteiger partial charge in [-0.3, -0.25) is 4.90 Å². The van der Waals surface area contributed by atoms with E-state index < -0.39 is 0 Å². The molecule has 1 heterocycles. The molecule has 0 saturated carbocycles. The summed E-state index contributed by atoms with van der Waals surface area (Å²) in [7, 11) is 4.20. The lowest BCUT2D eigenvalue weighted by atomic mass is 10.0. The zero-order valence-corrected chi connectivity index (χ0v) is 11.3. The van der Waals surface area contributed by atoms with Crippen molar-refractivity contribution in [3.63, 3.8) is 0 Å². The van der Waals surface area contributed by atoms with Crippen LogP contribution >= 0.6 is 0 Å². The van der Waals surface area contributed by atoms with Crippen molar-refractivity contribution in [2.24, 2.45) is 5.73 Å². The Morgan fingerprint density at radius 3 is 2.65 bits per heavy atom. The third-order valence-corrected chi connectivity index (χ3v) is 3.66. The quantitative estimate of drug-likeness (QED) is 0.866. The summed E-state index contributed by atoms with van der Waals surface area (Å²) < 4.78 is 0. The van der Waals surface area contributed by atoms with Crippen LogP contribution < -0.4 is 10.6 Å². The molecule has 0 saturated heterocycles. The molecule has 3 nitrogen and oxygen atoms in total. The fourth-order valence-electron chi connectivity index (χ4n) is 2.77. The van der Waals surface area contributed by atoms with Gasteiger partial charge in [0.05, 0.1) is 0 Å². The van der Waals surface area contributed by atoms with Crippen LogP contribution in [0, 0.1) is 0 Å². The zero-order valence-electron chi connectivity index (χ0n) is 11.3. The fourth-order valence-corrected chi connectivity index (χ4v) is 2.77. The molecule has 0 aromatic heterocycles. The van der Waals surface area contributed by atoms with Crippen LogP contribution in [0.2, 0.25) is 0 Å². The number of anilines is 1. The number of nitrogens with two attached hydrogens (primary N) is 1. The Balaban J connectivity index is 2.44. The number of rotatable bonds is 3. The van der Waals surface area contributed by atoms with Crippen molar-refractivity contribution in [1.29, 1.82) is 0 Å². The molecule has 1 aliphatic heterocycles. The van der Waals surface area contributed by atoms with Crippen molar-refractivity contribution in [3.8, 4) is 0 Å². The summed E-state index contributed by atoms with van der Waals surface area (Å²) in [6, 6.07) is 7.47. The van der Waals surface area contributed by atoms with Gasteiger partial charge in [0.25, 0.3) is 0 Å². The van der Waals surface area contributed by atoms with Gasteiger partial charge in [-0.2, -0.15) is 0 Å². The Morgan fingerprint density at radius 1 is 1.41 bits per heavy atom. The van der Waals surface area contributed by atoms with Crippen LogP contribution in [0.4, 0.5) is 5.69 Å². The van der Waals surface area contributed by atoms with E-state index in [2.05, 4.69) is 55.9 Å². The Kier molecular flexibility index (Phi) is 3.40. The van der Waals surface area contributed by atoms with Crippen molar-refractivity contribution in [2.75, 3.05) is 25.5 Å². The maximum atomic E-state index is 5.95. The summed E-state index contributed by atoms with van der Waals surface area (Å²) in [6.45, 7) is 6.19. The van der Waals surface area contributed by atoms with Gasteiger partial charge in [0, 0.05) is 45.0 Å². The second-order valence-corrected chi connectivity index (χ2v) is 5.26. The zero-order chi connectivity index (χ0) is 12.6. The third kappa shape index (κ3) is 2.05. The van der Waals surface area contributed by atoms with E-state index in [0.717, 1.165) is 6.54 Å². The molecular formula is C14H23N3. The van der Waals surface area contributed by atoms with Gasteiger partial charge in [-0.25, -0.2) is 0 Å². The van der Waals surface area contributed by atoms with E-state index in [1.165, 1.54) is 16.8 Å². The Hall–Kier alpha value is -1.06. The van der Waals surface area contributed by atoms with Gasteiger partial charge in [0.15, 0.2) is 0 Å². The number of benzene rings is 1. The predicted octanol–water partition coefficient (Wildman–Crippen LogP) is 1.98. The monoisotopic (exact) mass is 233 g/mol. The topological polar surface area (TPSA) is 32.5 Å². The van der Waals surface area contributed by atoms with Gasteiger partial charge in [-0.05, 0) is 31.0 Å². The summed E-state index contributed by atoms with van der Waals surface area (Å²) >= 11 is 0. The molecule has 1 aromatic carbocycles. The summed E-state index contributed by atoms with van der Waals surface area (Å²) in [5.41, 5.74) is 10.1. The normalized spacial score (nSPS) is 19.8. The SMILES string of the molecule is CC(C)N1Cc2c(cccc2N(C)C)C1CN. The van der Waals surface area contributed by atoms with Crippen LogP contribution in [0.25, 0.3) is 0 Å². The largest absolute Gasteiger partial charge is 0.377 e. The number of nitrogens with zero attached hydrogens (tertiary/aromatic N) is 2. The van der Waals surface area contributed by atoms with Gasteiger partial charge >= 0.3 is 0 Å². The molecule has 0 fully saturated rings. The molecule has 0 aliphatic carbocycles. The highest BCUT2D eigenvalue weighted by Gasteiger charge is 2.32. The third-order valence-electron chi connectivity index (χ3n) is 3.66. The van der Waals surface area contributed by atoms with Crippen LogP contribution in [0.3, 0.4) is 0 Å². The lowest BCUT2D eigenvalue weighted by Crippen LogP contribution is -2.33. The standard InChI is InChI=1S/C14H23N3/c1-10(2)17-9-12-11(14(17)8-15)6-5-7-13(12)16(3)4/h5-7,10,14H,8-9,15H2,1-4H3. The molecule has 0 amide bonds. The molecule has 0 bridgehead atoms. The van der Waals surface area contributed by atoms with Crippen molar-refractivity contribution >= 4 is 5.69 Å². The first-order valence-corrected chi connectivity index (χ1v) is 6.31.